The van der Waals surface area contributed by atoms with Crippen molar-refractivity contribution in [2.24, 2.45) is 0 Å². The Balaban J connectivity index is 2.91. The normalized spacial score (nSPS) is 11.6. The van der Waals surface area contributed by atoms with Crippen molar-refractivity contribution in [2.75, 3.05) is 0 Å². The van der Waals surface area contributed by atoms with E-state index in [4.69, 9.17) is 11.6 Å². The molecule has 0 radical (unpaired) electrons. The third-order valence-electron chi connectivity index (χ3n) is 2.81. The lowest BCUT2D eigenvalue weighted by Crippen LogP contribution is -2.00. The monoisotopic (exact) mass is 222 g/mol. The highest BCUT2D eigenvalue weighted by atomic mass is 35.5. The number of aryl methyl sites for hydroxylation is 2. The van der Waals surface area contributed by atoms with E-state index in [0.29, 0.717) is 5.92 Å². The molecule has 0 fully saturated rings. The number of hydrogen-bond acceptors (Lipinski definition) is 1. The summed E-state index contributed by atoms with van der Waals surface area (Å²) in [6, 6.07) is 0. The summed E-state index contributed by atoms with van der Waals surface area (Å²) < 4.78 is 1.88. The Hall–Kier alpha value is -1.02. The van der Waals surface area contributed by atoms with Crippen LogP contribution in [0, 0.1) is 13.8 Å². The van der Waals surface area contributed by atoms with Crippen molar-refractivity contribution in [1.82, 2.24) is 9.61 Å². The van der Waals surface area contributed by atoms with Crippen LogP contribution < -0.4 is 0 Å². The van der Waals surface area contributed by atoms with Gasteiger partial charge in [-0.05, 0) is 36.5 Å². The minimum atomic E-state index is 0.486. The van der Waals surface area contributed by atoms with Crippen LogP contribution in [-0.4, -0.2) is 9.61 Å². The van der Waals surface area contributed by atoms with Gasteiger partial charge in [0.05, 0.1) is 16.7 Å². The minimum absolute atomic E-state index is 0.486. The quantitative estimate of drug-likeness (QED) is 0.719. The van der Waals surface area contributed by atoms with Crippen molar-refractivity contribution >= 4 is 17.1 Å². The zero-order chi connectivity index (χ0) is 11.2. The molecule has 0 bridgehead atoms. The highest BCUT2D eigenvalue weighted by Crippen LogP contribution is 2.30. The predicted octanol–water partition coefficient (Wildman–Crippen LogP) is 3.73. The molecule has 15 heavy (non-hydrogen) atoms. The van der Waals surface area contributed by atoms with Crippen molar-refractivity contribution in [1.29, 1.82) is 0 Å². The Labute approximate surface area is 94.9 Å². The molecule has 2 nitrogen and oxygen atoms in total. The van der Waals surface area contributed by atoms with Gasteiger partial charge in [0, 0.05) is 6.20 Å². The van der Waals surface area contributed by atoms with Crippen LogP contribution in [0.3, 0.4) is 0 Å². The van der Waals surface area contributed by atoms with Crippen molar-refractivity contribution < 1.29 is 0 Å². The molecule has 0 unspecified atom stereocenters. The SMILES string of the molecule is Cc1cnn2cc(Cl)c(C)c2c1C(C)C. The van der Waals surface area contributed by atoms with Crippen molar-refractivity contribution in [2.45, 2.75) is 33.6 Å². The maximum Gasteiger partial charge on any atom is 0.0728 e. The second-order valence-corrected chi connectivity index (χ2v) is 4.70. The zero-order valence-electron chi connectivity index (χ0n) is 9.50. The molecule has 3 heteroatoms. The largest absolute Gasteiger partial charge is 0.239 e. The van der Waals surface area contributed by atoms with E-state index in [9.17, 15) is 0 Å². The van der Waals surface area contributed by atoms with Gasteiger partial charge in [0.2, 0.25) is 0 Å². The number of nitrogens with zero attached hydrogens (tertiary/aromatic N) is 2. The fraction of sp³-hybridized carbons (Fsp3) is 0.417. The number of rotatable bonds is 1. The molecule has 0 aliphatic carbocycles. The molecular formula is C12H15ClN2. The van der Waals surface area contributed by atoms with Gasteiger partial charge in [0.25, 0.3) is 0 Å². The second kappa shape index (κ2) is 3.53. The number of halogens is 1. The summed E-state index contributed by atoms with van der Waals surface area (Å²) in [6.45, 7) is 8.54. The zero-order valence-corrected chi connectivity index (χ0v) is 10.3. The Morgan fingerprint density at radius 3 is 2.60 bits per heavy atom. The Bertz CT molecular complexity index is 512. The maximum atomic E-state index is 6.12. The minimum Gasteiger partial charge on any atom is -0.239 e. The third kappa shape index (κ3) is 1.53. The van der Waals surface area contributed by atoms with E-state index in [2.05, 4.69) is 25.9 Å². The van der Waals surface area contributed by atoms with Gasteiger partial charge in [0.15, 0.2) is 0 Å². The molecule has 2 heterocycles. The molecule has 2 aromatic rings. The smallest absolute Gasteiger partial charge is 0.0728 e. The van der Waals surface area contributed by atoms with Crippen LogP contribution in [0.25, 0.3) is 5.52 Å². The van der Waals surface area contributed by atoms with E-state index in [0.717, 1.165) is 16.1 Å². The molecule has 0 amide bonds. The molecule has 0 N–H and O–H groups in total. The first-order valence-electron chi connectivity index (χ1n) is 5.15. The molecular weight excluding hydrogens is 208 g/mol. The first-order valence-corrected chi connectivity index (χ1v) is 5.53. The summed E-state index contributed by atoms with van der Waals surface area (Å²) in [5.74, 6) is 0.486. The van der Waals surface area contributed by atoms with Crippen LogP contribution in [0.4, 0.5) is 0 Å². The van der Waals surface area contributed by atoms with Gasteiger partial charge in [-0.3, -0.25) is 0 Å². The topological polar surface area (TPSA) is 17.3 Å². The van der Waals surface area contributed by atoms with E-state index in [1.165, 1.54) is 11.1 Å². The Morgan fingerprint density at radius 1 is 1.33 bits per heavy atom. The summed E-state index contributed by atoms with van der Waals surface area (Å²) >= 11 is 6.12. The third-order valence-corrected chi connectivity index (χ3v) is 3.19. The first-order chi connectivity index (χ1) is 7.02. The van der Waals surface area contributed by atoms with Gasteiger partial charge in [-0.2, -0.15) is 5.10 Å². The highest BCUT2D eigenvalue weighted by molar-refractivity contribution is 6.32. The second-order valence-electron chi connectivity index (χ2n) is 4.29. The fourth-order valence-corrected chi connectivity index (χ4v) is 2.29. The summed E-state index contributed by atoms with van der Waals surface area (Å²) in [5.41, 5.74) is 4.86. The molecule has 0 aliphatic heterocycles. The average Bonchev–Trinajstić information content (AvgIpc) is 2.44. The lowest BCUT2D eigenvalue weighted by molar-refractivity contribution is 0.826. The average molecular weight is 223 g/mol. The molecule has 0 spiro atoms. The number of fused-ring (bicyclic) bond motifs is 1. The molecule has 0 saturated heterocycles. The van der Waals surface area contributed by atoms with Crippen LogP contribution in [-0.2, 0) is 0 Å². The van der Waals surface area contributed by atoms with Gasteiger partial charge < -0.3 is 0 Å². The summed E-state index contributed by atoms with van der Waals surface area (Å²) in [4.78, 5) is 0. The van der Waals surface area contributed by atoms with E-state index in [1.54, 1.807) is 0 Å². The van der Waals surface area contributed by atoms with Crippen molar-refractivity contribution in [3.63, 3.8) is 0 Å². The lowest BCUT2D eigenvalue weighted by Gasteiger charge is -2.12. The van der Waals surface area contributed by atoms with Crippen LogP contribution in [0.2, 0.25) is 5.02 Å². The van der Waals surface area contributed by atoms with Gasteiger partial charge in [-0.15, -0.1) is 0 Å². The van der Waals surface area contributed by atoms with Crippen molar-refractivity contribution in [3.8, 4) is 0 Å². The van der Waals surface area contributed by atoms with E-state index >= 15 is 0 Å². The summed E-state index contributed by atoms with van der Waals surface area (Å²) in [7, 11) is 0. The molecule has 2 rings (SSSR count). The standard InChI is InChI=1S/C12H15ClN2/c1-7(2)11-8(3)5-14-15-6-10(13)9(4)12(11)15/h5-7H,1-4H3. The number of aromatic nitrogens is 2. The molecule has 80 valence electrons. The molecule has 0 atom stereocenters. The van der Waals surface area contributed by atoms with Crippen LogP contribution in [0.5, 0.6) is 0 Å². The van der Waals surface area contributed by atoms with Gasteiger partial charge in [0.1, 0.15) is 0 Å². The summed E-state index contributed by atoms with van der Waals surface area (Å²) in [6.07, 6.45) is 3.77. The maximum absolute atomic E-state index is 6.12. The van der Waals surface area contributed by atoms with Crippen LogP contribution in [0.1, 0.15) is 36.5 Å². The van der Waals surface area contributed by atoms with Crippen LogP contribution >= 0.6 is 11.6 Å². The van der Waals surface area contributed by atoms with E-state index in [1.807, 2.05) is 23.8 Å². The van der Waals surface area contributed by atoms with Gasteiger partial charge in [-0.1, -0.05) is 25.4 Å². The van der Waals surface area contributed by atoms with E-state index in [-0.39, 0.29) is 0 Å². The molecule has 0 aliphatic rings. The molecule has 2 aromatic heterocycles. The Kier molecular flexibility index (Phi) is 2.47. The predicted molar refractivity (Wildman–Crippen MR) is 63.8 cm³/mol. The highest BCUT2D eigenvalue weighted by Gasteiger charge is 2.14. The van der Waals surface area contributed by atoms with E-state index < -0.39 is 0 Å². The number of hydrogen-bond donors (Lipinski definition) is 0. The van der Waals surface area contributed by atoms with Crippen molar-refractivity contribution in [3.05, 3.63) is 34.1 Å². The van der Waals surface area contributed by atoms with Gasteiger partial charge >= 0.3 is 0 Å². The summed E-state index contributed by atoms with van der Waals surface area (Å²) in [5, 5.41) is 5.12. The van der Waals surface area contributed by atoms with Gasteiger partial charge in [-0.25, -0.2) is 4.52 Å². The first kappa shape index (κ1) is 10.5. The Morgan fingerprint density at radius 2 is 2.00 bits per heavy atom. The fourth-order valence-electron chi connectivity index (χ4n) is 2.10. The lowest BCUT2D eigenvalue weighted by atomic mass is 9.98. The molecule has 0 saturated carbocycles. The van der Waals surface area contributed by atoms with Crippen LogP contribution in [0.15, 0.2) is 12.4 Å². The molecule has 0 aromatic carbocycles.